The molecule has 0 aromatic carbocycles. The van der Waals surface area contributed by atoms with Gasteiger partial charge in [-0.25, -0.2) is 0 Å². The Morgan fingerprint density at radius 3 is 3.10 bits per heavy atom. The SMILES string of the molecule is Cn1cnnc1CCNC(=O)c1ccc(C#CCN)s1. The minimum atomic E-state index is -0.0991. The molecule has 2 aromatic rings. The molecule has 0 atom stereocenters. The molecule has 3 N–H and O–H groups in total. The predicted molar refractivity (Wildman–Crippen MR) is 77.3 cm³/mol. The Morgan fingerprint density at radius 1 is 1.55 bits per heavy atom. The van der Waals surface area contributed by atoms with Gasteiger partial charge in [0.1, 0.15) is 12.2 Å². The van der Waals surface area contributed by atoms with Gasteiger partial charge in [-0.15, -0.1) is 21.5 Å². The first kappa shape index (κ1) is 14.2. The van der Waals surface area contributed by atoms with Gasteiger partial charge in [0, 0.05) is 20.0 Å². The number of nitrogens with zero attached hydrogens (tertiary/aromatic N) is 3. The molecule has 0 unspecified atom stereocenters. The largest absolute Gasteiger partial charge is 0.351 e. The van der Waals surface area contributed by atoms with Crippen LogP contribution in [-0.2, 0) is 13.5 Å². The van der Waals surface area contributed by atoms with E-state index in [1.54, 1.807) is 12.4 Å². The fourth-order valence-electron chi connectivity index (χ4n) is 1.57. The van der Waals surface area contributed by atoms with Crippen molar-refractivity contribution < 1.29 is 4.79 Å². The molecule has 2 aromatic heterocycles. The number of aryl methyl sites for hydroxylation is 1. The molecule has 0 aliphatic heterocycles. The highest BCUT2D eigenvalue weighted by molar-refractivity contribution is 7.14. The number of aromatic nitrogens is 3. The molecule has 0 fully saturated rings. The third-order valence-electron chi connectivity index (χ3n) is 2.58. The molecule has 1 amide bonds. The molecule has 0 spiro atoms. The molecular formula is C13H15N5OS. The normalized spacial score (nSPS) is 9.90. The molecule has 0 saturated carbocycles. The summed E-state index contributed by atoms with van der Waals surface area (Å²) in [6.07, 6.45) is 2.28. The lowest BCUT2D eigenvalue weighted by Crippen LogP contribution is -2.25. The maximum atomic E-state index is 11.9. The van der Waals surface area contributed by atoms with E-state index in [0.717, 1.165) is 10.7 Å². The van der Waals surface area contributed by atoms with Crippen LogP contribution in [-0.4, -0.2) is 33.8 Å². The monoisotopic (exact) mass is 289 g/mol. The van der Waals surface area contributed by atoms with E-state index >= 15 is 0 Å². The van der Waals surface area contributed by atoms with Crippen LogP contribution >= 0.6 is 11.3 Å². The summed E-state index contributed by atoms with van der Waals surface area (Å²) in [4.78, 5) is 13.4. The van der Waals surface area contributed by atoms with E-state index in [1.165, 1.54) is 11.3 Å². The molecule has 0 radical (unpaired) electrons. The van der Waals surface area contributed by atoms with Gasteiger partial charge in [-0.2, -0.15) is 0 Å². The summed E-state index contributed by atoms with van der Waals surface area (Å²) in [6.45, 7) is 0.838. The fourth-order valence-corrected chi connectivity index (χ4v) is 2.37. The molecular weight excluding hydrogens is 274 g/mol. The number of rotatable bonds is 4. The van der Waals surface area contributed by atoms with Gasteiger partial charge >= 0.3 is 0 Å². The molecule has 6 nitrogen and oxygen atoms in total. The minimum Gasteiger partial charge on any atom is -0.351 e. The Bertz CT molecular complexity index is 649. The van der Waals surface area contributed by atoms with Crippen molar-refractivity contribution in [3.05, 3.63) is 34.0 Å². The summed E-state index contributed by atoms with van der Waals surface area (Å²) >= 11 is 1.36. The number of hydrogen-bond donors (Lipinski definition) is 2. The van der Waals surface area contributed by atoms with Crippen molar-refractivity contribution in [2.24, 2.45) is 12.8 Å². The first-order valence-electron chi connectivity index (χ1n) is 6.10. The van der Waals surface area contributed by atoms with Crippen molar-refractivity contribution in [2.75, 3.05) is 13.1 Å². The van der Waals surface area contributed by atoms with Crippen molar-refractivity contribution >= 4 is 17.2 Å². The van der Waals surface area contributed by atoms with E-state index in [-0.39, 0.29) is 5.91 Å². The molecule has 7 heteroatoms. The summed E-state index contributed by atoms with van der Waals surface area (Å²) in [7, 11) is 1.87. The first-order chi connectivity index (χ1) is 9.70. The molecule has 2 rings (SSSR count). The van der Waals surface area contributed by atoms with Crippen LogP contribution in [0, 0.1) is 11.8 Å². The van der Waals surface area contributed by atoms with Gasteiger partial charge in [-0.1, -0.05) is 11.8 Å². The number of thiophene rings is 1. The van der Waals surface area contributed by atoms with Gasteiger partial charge in [0.2, 0.25) is 0 Å². The number of carbonyl (C=O) groups excluding carboxylic acids is 1. The summed E-state index contributed by atoms with van der Waals surface area (Å²) in [5, 5.41) is 10.6. The lowest BCUT2D eigenvalue weighted by atomic mass is 10.3. The van der Waals surface area contributed by atoms with Gasteiger partial charge in [0.05, 0.1) is 16.3 Å². The second-order valence-electron chi connectivity index (χ2n) is 4.03. The van der Waals surface area contributed by atoms with Crippen LogP contribution in [0.5, 0.6) is 0 Å². The van der Waals surface area contributed by atoms with Gasteiger partial charge in [-0.05, 0) is 12.1 Å². The highest BCUT2D eigenvalue weighted by Crippen LogP contribution is 2.15. The van der Waals surface area contributed by atoms with Crippen molar-refractivity contribution in [3.63, 3.8) is 0 Å². The quantitative estimate of drug-likeness (QED) is 0.785. The maximum absolute atomic E-state index is 11.9. The van der Waals surface area contributed by atoms with E-state index in [2.05, 4.69) is 27.4 Å². The van der Waals surface area contributed by atoms with Crippen molar-refractivity contribution in [1.29, 1.82) is 0 Å². The Morgan fingerprint density at radius 2 is 2.40 bits per heavy atom. The number of nitrogens with one attached hydrogen (secondary N) is 1. The number of amides is 1. The average Bonchev–Trinajstić information content (AvgIpc) is 3.06. The van der Waals surface area contributed by atoms with Gasteiger partial charge in [0.25, 0.3) is 5.91 Å². The van der Waals surface area contributed by atoms with Crippen LogP contribution in [0.4, 0.5) is 0 Å². The molecule has 2 heterocycles. The molecule has 0 aliphatic rings. The third kappa shape index (κ3) is 3.66. The van der Waals surface area contributed by atoms with Crippen LogP contribution in [0.3, 0.4) is 0 Å². The lowest BCUT2D eigenvalue weighted by molar-refractivity contribution is 0.0958. The highest BCUT2D eigenvalue weighted by Gasteiger charge is 2.08. The summed E-state index contributed by atoms with van der Waals surface area (Å²) < 4.78 is 1.83. The third-order valence-corrected chi connectivity index (χ3v) is 3.58. The van der Waals surface area contributed by atoms with Crippen LogP contribution in [0.15, 0.2) is 18.5 Å². The zero-order valence-corrected chi connectivity index (χ0v) is 11.9. The van der Waals surface area contributed by atoms with Crippen LogP contribution < -0.4 is 11.1 Å². The van der Waals surface area contributed by atoms with E-state index in [1.807, 2.05) is 17.7 Å². The molecule has 20 heavy (non-hydrogen) atoms. The van der Waals surface area contributed by atoms with Crippen molar-refractivity contribution in [1.82, 2.24) is 20.1 Å². The lowest BCUT2D eigenvalue weighted by Gasteiger charge is -2.02. The van der Waals surface area contributed by atoms with Crippen LogP contribution in [0.25, 0.3) is 0 Å². The zero-order chi connectivity index (χ0) is 14.4. The standard InChI is InChI=1S/C13H15N5OS/c1-18-9-16-17-12(18)6-8-15-13(19)11-5-4-10(20-11)3-2-7-14/h4-5,9H,6-8,14H2,1H3,(H,15,19). The Hall–Kier alpha value is -2.17. The van der Waals surface area contributed by atoms with Crippen LogP contribution in [0.2, 0.25) is 0 Å². The smallest absolute Gasteiger partial charge is 0.261 e. The second-order valence-corrected chi connectivity index (χ2v) is 5.12. The number of nitrogens with two attached hydrogens (primary N) is 1. The van der Waals surface area contributed by atoms with Gasteiger partial charge in [0.15, 0.2) is 0 Å². The predicted octanol–water partition coefficient (Wildman–Crippen LogP) is 0.159. The highest BCUT2D eigenvalue weighted by atomic mass is 32.1. The summed E-state index contributed by atoms with van der Waals surface area (Å²) in [5.41, 5.74) is 5.31. The van der Waals surface area contributed by atoms with E-state index < -0.39 is 0 Å². The summed E-state index contributed by atoms with van der Waals surface area (Å²) in [6, 6.07) is 3.59. The molecule has 104 valence electrons. The molecule has 0 aliphatic carbocycles. The Balaban J connectivity index is 1.86. The Kier molecular flexibility index (Phi) is 4.87. The molecule has 0 saturated heterocycles. The van der Waals surface area contributed by atoms with E-state index in [0.29, 0.717) is 24.4 Å². The zero-order valence-electron chi connectivity index (χ0n) is 11.1. The summed E-state index contributed by atoms with van der Waals surface area (Å²) in [5.74, 6) is 6.41. The first-order valence-corrected chi connectivity index (χ1v) is 6.92. The molecule has 0 bridgehead atoms. The van der Waals surface area contributed by atoms with Crippen molar-refractivity contribution in [3.8, 4) is 11.8 Å². The number of hydrogen-bond acceptors (Lipinski definition) is 5. The topological polar surface area (TPSA) is 85.8 Å². The van der Waals surface area contributed by atoms with Crippen LogP contribution in [0.1, 0.15) is 20.4 Å². The van der Waals surface area contributed by atoms with Crippen molar-refractivity contribution in [2.45, 2.75) is 6.42 Å². The van der Waals surface area contributed by atoms with Gasteiger partial charge in [-0.3, -0.25) is 4.79 Å². The van der Waals surface area contributed by atoms with E-state index in [4.69, 9.17) is 5.73 Å². The number of carbonyl (C=O) groups is 1. The van der Waals surface area contributed by atoms with E-state index in [9.17, 15) is 4.79 Å². The van der Waals surface area contributed by atoms with Gasteiger partial charge < -0.3 is 15.6 Å². The average molecular weight is 289 g/mol. The maximum Gasteiger partial charge on any atom is 0.261 e. The second kappa shape index (κ2) is 6.84. The fraction of sp³-hybridized carbons (Fsp3) is 0.308. The minimum absolute atomic E-state index is 0.0991. The Labute approximate surface area is 121 Å².